The fourth-order valence-corrected chi connectivity index (χ4v) is 4.51. The Balaban J connectivity index is 2.03. The second-order valence-electron chi connectivity index (χ2n) is 5.13. The van der Waals surface area contributed by atoms with E-state index in [0.717, 1.165) is 25.7 Å². The number of ether oxygens (including phenoxy) is 1. The molecule has 2 fully saturated rings. The maximum atomic E-state index is 12.3. The number of nitrogens with two attached hydrogens (primary N) is 1. The SMILES string of the molecule is CC1CCCN(S(=O)(=O)CC2CCCO2)C1N. The van der Waals surface area contributed by atoms with Crippen LogP contribution in [0.3, 0.4) is 0 Å². The minimum absolute atomic E-state index is 0.0907. The predicted molar refractivity (Wildman–Crippen MR) is 65.8 cm³/mol. The Labute approximate surface area is 103 Å². The van der Waals surface area contributed by atoms with Gasteiger partial charge in [-0.3, -0.25) is 0 Å². The zero-order valence-corrected chi connectivity index (χ0v) is 11.2. The van der Waals surface area contributed by atoms with E-state index in [1.54, 1.807) is 0 Å². The van der Waals surface area contributed by atoms with Crippen LogP contribution < -0.4 is 5.73 Å². The molecule has 0 bridgehead atoms. The van der Waals surface area contributed by atoms with Gasteiger partial charge >= 0.3 is 0 Å². The van der Waals surface area contributed by atoms with Gasteiger partial charge < -0.3 is 10.5 Å². The first-order valence-electron chi connectivity index (χ1n) is 6.37. The van der Waals surface area contributed by atoms with Gasteiger partial charge in [-0.15, -0.1) is 0 Å². The van der Waals surface area contributed by atoms with E-state index in [2.05, 4.69) is 0 Å². The number of piperidine rings is 1. The van der Waals surface area contributed by atoms with Gasteiger partial charge in [0.1, 0.15) is 0 Å². The molecule has 5 nitrogen and oxygen atoms in total. The summed E-state index contributed by atoms with van der Waals surface area (Å²) >= 11 is 0. The first-order chi connectivity index (χ1) is 8.00. The molecular formula is C11H22N2O3S. The highest BCUT2D eigenvalue weighted by atomic mass is 32.2. The summed E-state index contributed by atoms with van der Waals surface area (Å²) in [6.45, 7) is 3.25. The lowest BCUT2D eigenvalue weighted by Gasteiger charge is -2.36. The number of hydrogen-bond acceptors (Lipinski definition) is 4. The summed E-state index contributed by atoms with van der Waals surface area (Å²) in [5.41, 5.74) is 5.99. The number of sulfonamides is 1. The summed E-state index contributed by atoms with van der Waals surface area (Å²) in [5.74, 6) is 0.330. The standard InChI is InChI=1S/C11H22N2O3S/c1-9-4-2-6-13(11(9)12)17(14,15)8-10-5-3-7-16-10/h9-11H,2-8,12H2,1H3. The van der Waals surface area contributed by atoms with Crippen molar-refractivity contribution in [2.45, 2.75) is 44.9 Å². The molecule has 0 aliphatic carbocycles. The van der Waals surface area contributed by atoms with E-state index < -0.39 is 10.0 Å². The van der Waals surface area contributed by atoms with Crippen LogP contribution in [0.4, 0.5) is 0 Å². The minimum Gasteiger partial charge on any atom is -0.377 e. The fraction of sp³-hybridized carbons (Fsp3) is 1.00. The molecule has 3 unspecified atom stereocenters. The second kappa shape index (κ2) is 5.22. The van der Waals surface area contributed by atoms with Gasteiger partial charge in [0.05, 0.1) is 18.0 Å². The minimum atomic E-state index is -3.27. The van der Waals surface area contributed by atoms with Gasteiger partial charge in [0, 0.05) is 13.2 Å². The molecule has 0 aromatic rings. The molecule has 2 heterocycles. The Morgan fingerprint density at radius 1 is 1.35 bits per heavy atom. The van der Waals surface area contributed by atoms with Crippen molar-refractivity contribution in [3.8, 4) is 0 Å². The molecule has 2 N–H and O–H groups in total. The van der Waals surface area contributed by atoms with Crippen molar-refractivity contribution < 1.29 is 13.2 Å². The average Bonchev–Trinajstić information content (AvgIpc) is 2.73. The monoisotopic (exact) mass is 262 g/mol. The van der Waals surface area contributed by atoms with E-state index in [-0.39, 0.29) is 23.9 Å². The van der Waals surface area contributed by atoms with E-state index in [1.807, 2.05) is 6.92 Å². The Morgan fingerprint density at radius 3 is 2.76 bits per heavy atom. The van der Waals surface area contributed by atoms with Gasteiger partial charge in [-0.2, -0.15) is 4.31 Å². The van der Waals surface area contributed by atoms with Gasteiger partial charge in [0.2, 0.25) is 10.0 Å². The third kappa shape index (κ3) is 2.99. The molecule has 2 saturated heterocycles. The maximum Gasteiger partial charge on any atom is 0.218 e. The molecule has 0 aromatic heterocycles. The second-order valence-corrected chi connectivity index (χ2v) is 7.10. The Hall–Kier alpha value is -0.170. The first-order valence-corrected chi connectivity index (χ1v) is 7.98. The van der Waals surface area contributed by atoms with Crippen molar-refractivity contribution in [3.05, 3.63) is 0 Å². The summed E-state index contributed by atoms with van der Waals surface area (Å²) in [4.78, 5) is 0. The fourth-order valence-electron chi connectivity index (χ4n) is 2.60. The van der Waals surface area contributed by atoms with E-state index in [1.165, 1.54) is 4.31 Å². The van der Waals surface area contributed by atoms with Crippen LogP contribution in [0.15, 0.2) is 0 Å². The lowest BCUT2D eigenvalue weighted by molar-refractivity contribution is 0.124. The van der Waals surface area contributed by atoms with Crippen LogP contribution in [-0.2, 0) is 14.8 Å². The van der Waals surface area contributed by atoms with Crippen molar-refractivity contribution in [2.24, 2.45) is 11.7 Å². The van der Waals surface area contributed by atoms with Gasteiger partial charge in [-0.05, 0) is 31.6 Å². The zero-order chi connectivity index (χ0) is 12.5. The van der Waals surface area contributed by atoms with Crippen LogP contribution in [-0.4, -0.2) is 43.9 Å². The van der Waals surface area contributed by atoms with Crippen LogP contribution >= 0.6 is 0 Å². The number of hydrogen-bond donors (Lipinski definition) is 1. The molecule has 0 saturated carbocycles. The average molecular weight is 262 g/mol. The van der Waals surface area contributed by atoms with Crippen LogP contribution in [0.5, 0.6) is 0 Å². The highest BCUT2D eigenvalue weighted by Crippen LogP contribution is 2.24. The van der Waals surface area contributed by atoms with Gasteiger partial charge in [0.25, 0.3) is 0 Å². The highest BCUT2D eigenvalue weighted by Gasteiger charge is 2.36. The molecule has 17 heavy (non-hydrogen) atoms. The molecule has 0 amide bonds. The molecule has 6 heteroatoms. The molecule has 0 radical (unpaired) electrons. The van der Waals surface area contributed by atoms with Crippen molar-refractivity contribution in [2.75, 3.05) is 18.9 Å². The Kier molecular flexibility index (Phi) is 4.07. The molecule has 0 aromatic carbocycles. The highest BCUT2D eigenvalue weighted by molar-refractivity contribution is 7.89. The lowest BCUT2D eigenvalue weighted by atomic mass is 9.99. The number of nitrogens with zero attached hydrogens (tertiary/aromatic N) is 1. The van der Waals surface area contributed by atoms with Gasteiger partial charge in [-0.25, -0.2) is 8.42 Å². The summed E-state index contributed by atoms with van der Waals surface area (Å²) in [6.07, 6.45) is 3.22. The van der Waals surface area contributed by atoms with Crippen molar-refractivity contribution >= 4 is 10.0 Å². The quantitative estimate of drug-likeness (QED) is 0.804. The Morgan fingerprint density at radius 2 is 2.12 bits per heavy atom. The Bertz CT molecular complexity index is 352. The number of rotatable bonds is 3. The maximum absolute atomic E-state index is 12.3. The molecular weight excluding hydrogens is 240 g/mol. The van der Waals surface area contributed by atoms with Crippen LogP contribution in [0, 0.1) is 5.92 Å². The largest absolute Gasteiger partial charge is 0.377 e. The van der Waals surface area contributed by atoms with Crippen LogP contribution in [0.2, 0.25) is 0 Å². The topological polar surface area (TPSA) is 72.6 Å². The van der Waals surface area contributed by atoms with E-state index in [0.29, 0.717) is 13.2 Å². The van der Waals surface area contributed by atoms with Crippen molar-refractivity contribution in [3.63, 3.8) is 0 Å². The van der Waals surface area contributed by atoms with Crippen molar-refractivity contribution in [1.82, 2.24) is 4.31 Å². The summed E-state index contributed by atoms with van der Waals surface area (Å²) < 4.78 is 31.4. The zero-order valence-electron chi connectivity index (χ0n) is 10.3. The molecule has 2 aliphatic heterocycles. The normalized spacial score (nSPS) is 36.2. The van der Waals surface area contributed by atoms with Gasteiger partial charge in [0.15, 0.2) is 0 Å². The van der Waals surface area contributed by atoms with Crippen LogP contribution in [0.1, 0.15) is 32.6 Å². The molecule has 2 rings (SSSR count). The van der Waals surface area contributed by atoms with Crippen molar-refractivity contribution in [1.29, 1.82) is 0 Å². The smallest absolute Gasteiger partial charge is 0.218 e. The third-order valence-electron chi connectivity index (χ3n) is 3.73. The predicted octanol–water partition coefficient (Wildman–Crippen LogP) is 0.512. The summed E-state index contributed by atoms with van der Waals surface area (Å²) in [5, 5.41) is 0. The first kappa shape index (κ1) is 13.3. The third-order valence-corrected chi connectivity index (χ3v) is 5.66. The van der Waals surface area contributed by atoms with Gasteiger partial charge in [-0.1, -0.05) is 6.92 Å². The summed E-state index contributed by atoms with van der Waals surface area (Å²) in [7, 11) is -3.27. The van der Waals surface area contributed by atoms with E-state index in [9.17, 15) is 8.42 Å². The van der Waals surface area contributed by atoms with E-state index >= 15 is 0 Å². The van der Waals surface area contributed by atoms with E-state index in [4.69, 9.17) is 10.5 Å². The summed E-state index contributed by atoms with van der Waals surface area (Å²) in [6, 6.07) is 0. The molecule has 0 spiro atoms. The molecule has 2 aliphatic rings. The molecule has 3 atom stereocenters. The van der Waals surface area contributed by atoms with Crippen LogP contribution in [0.25, 0.3) is 0 Å². The molecule has 100 valence electrons. The lowest BCUT2D eigenvalue weighted by Crippen LogP contribution is -2.54.